The molecule has 1 saturated carbocycles. The number of hydrogen-bond donors (Lipinski definition) is 1. The Bertz CT molecular complexity index is 430. The van der Waals surface area contributed by atoms with Crippen molar-refractivity contribution in [1.82, 2.24) is 10.3 Å². The molecule has 1 heterocycles. The van der Waals surface area contributed by atoms with Crippen molar-refractivity contribution in [2.75, 3.05) is 7.05 Å². The first-order chi connectivity index (χ1) is 8.13. The molecule has 1 aromatic rings. The maximum Gasteiger partial charge on any atom is 0.293 e. The fourth-order valence-electron chi connectivity index (χ4n) is 2.22. The topological polar surface area (TPSA) is 68.1 Å². The van der Waals surface area contributed by atoms with Gasteiger partial charge in [-0.1, -0.05) is 0 Å². The Morgan fingerprint density at radius 1 is 1.65 bits per heavy atom. The van der Waals surface area contributed by atoms with Gasteiger partial charge in [0.15, 0.2) is 0 Å². The number of rotatable bonds is 5. The highest BCUT2D eigenvalue weighted by molar-refractivity contribution is 5.43. The monoisotopic (exact) mass is 235 g/mol. The van der Waals surface area contributed by atoms with Crippen molar-refractivity contribution >= 4 is 5.69 Å². The van der Waals surface area contributed by atoms with Crippen molar-refractivity contribution in [3.05, 3.63) is 33.6 Å². The molecule has 1 N–H and O–H groups in total. The highest BCUT2D eigenvalue weighted by atomic mass is 16.6. The van der Waals surface area contributed by atoms with Crippen LogP contribution in [0, 0.1) is 23.0 Å². The van der Waals surface area contributed by atoms with Crippen molar-refractivity contribution in [2.24, 2.45) is 5.92 Å². The molecule has 1 fully saturated rings. The Morgan fingerprint density at radius 2 is 2.35 bits per heavy atom. The lowest BCUT2D eigenvalue weighted by molar-refractivity contribution is -0.386. The molecule has 1 unspecified atom stereocenters. The van der Waals surface area contributed by atoms with Gasteiger partial charge in [0.2, 0.25) is 0 Å². The van der Waals surface area contributed by atoms with Crippen LogP contribution in [0.15, 0.2) is 12.3 Å². The largest absolute Gasteiger partial charge is 0.316 e. The first-order valence-corrected chi connectivity index (χ1v) is 5.89. The molecular weight excluding hydrogens is 218 g/mol. The second-order valence-electron chi connectivity index (χ2n) is 4.62. The Morgan fingerprint density at radius 3 is 2.88 bits per heavy atom. The van der Waals surface area contributed by atoms with Crippen molar-refractivity contribution < 1.29 is 4.92 Å². The second-order valence-corrected chi connectivity index (χ2v) is 4.62. The number of hydrogen-bond acceptors (Lipinski definition) is 4. The van der Waals surface area contributed by atoms with Gasteiger partial charge >= 0.3 is 0 Å². The average Bonchev–Trinajstić information content (AvgIpc) is 3.09. The van der Waals surface area contributed by atoms with E-state index in [0.717, 1.165) is 0 Å². The summed E-state index contributed by atoms with van der Waals surface area (Å²) in [6, 6.07) is 2.00. The SMILES string of the molecule is CNC(Cc1nccc(C)c1[N+](=O)[O-])C1CC1. The molecule has 92 valence electrons. The van der Waals surface area contributed by atoms with Gasteiger partial charge in [-0.3, -0.25) is 15.1 Å². The molecule has 17 heavy (non-hydrogen) atoms. The lowest BCUT2D eigenvalue weighted by atomic mass is 10.0. The van der Waals surface area contributed by atoms with Crippen molar-refractivity contribution in [2.45, 2.75) is 32.2 Å². The van der Waals surface area contributed by atoms with E-state index in [1.807, 2.05) is 7.05 Å². The minimum absolute atomic E-state index is 0.174. The van der Waals surface area contributed by atoms with Gasteiger partial charge in [0.25, 0.3) is 5.69 Å². The third-order valence-electron chi connectivity index (χ3n) is 3.36. The second kappa shape index (κ2) is 4.79. The molecule has 0 bridgehead atoms. The number of nitrogens with zero attached hydrogens (tertiary/aromatic N) is 2. The number of aryl methyl sites for hydroxylation is 1. The summed E-state index contributed by atoms with van der Waals surface area (Å²) in [6.45, 7) is 1.76. The number of nitro groups is 1. The Kier molecular flexibility index (Phi) is 3.38. The van der Waals surface area contributed by atoms with Crippen LogP contribution >= 0.6 is 0 Å². The van der Waals surface area contributed by atoms with Gasteiger partial charge < -0.3 is 5.32 Å². The van der Waals surface area contributed by atoms with Crippen LogP contribution < -0.4 is 5.32 Å². The maximum atomic E-state index is 11.0. The summed E-state index contributed by atoms with van der Waals surface area (Å²) in [5.41, 5.74) is 1.46. The lowest BCUT2D eigenvalue weighted by Crippen LogP contribution is -2.30. The number of nitrogens with one attached hydrogen (secondary N) is 1. The fraction of sp³-hybridized carbons (Fsp3) is 0.583. The molecule has 0 saturated heterocycles. The van der Waals surface area contributed by atoms with E-state index in [-0.39, 0.29) is 10.6 Å². The van der Waals surface area contributed by atoms with Gasteiger partial charge in [-0.25, -0.2) is 0 Å². The summed E-state index contributed by atoms with van der Waals surface area (Å²) in [5, 5.41) is 14.3. The molecule has 1 aromatic heterocycles. The quantitative estimate of drug-likeness (QED) is 0.624. The van der Waals surface area contributed by atoms with E-state index in [2.05, 4.69) is 10.3 Å². The summed E-state index contributed by atoms with van der Waals surface area (Å²) in [4.78, 5) is 14.9. The summed E-state index contributed by atoms with van der Waals surface area (Å²) in [7, 11) is 1.91. The zero-order valence-electron chi connectivity index (χ0n) is 10.1. The summed E-state index contributed by atoms with van der Waals surface area (Å²) in [5.74, 6) is 0.655. The van der Waals surface area contributed by atoms with Gasteiger partial charge in [0, 0.05) is 24.2 Å². The van der Waals surface area contributed by atoms with Crippen LogP contribution in [0.25, 0.3) is 0 Å². The van der Waals surface area contributed by atoms with Crippen LogP contribution in [0.2, 0.25) is 0 Å². The molecule has 0 amide bonds. The first kappa shape index (κ1) is 12.0. The Labute approximate surface area is 100 Å². The van der Waals surface area contributed by atoms with Gasteiger partial charge in [0.1, 0.15) is 5.69 Å². The van der Waals surface area contributed by atoms with E-state index in [0.29, 0.717) is 29.6 Å². The molecule has 5 nitrogen and oxygen atoms in total. The molecule has 1 aliphatic carbocycles. The molecule has 0 spiro atoms. The molecule has 0 aromatic carbocycles. The fourth-order valence-corrected chi connectivity index (χ4v) is 2.22. The average molecular weight is 235 g/mol. The maximum absolute atomic E-state index is 11.0. The zero-order valence-corrected chi connectivity index (χ0v) is 10.1. The third-order valence-corrected chi connectivity index (χ3v) is 3.36. The molecule has 1 aliphatic rings. The van der Waals surface area contributed by atoms with E-state index < -0.39 is 0 Å². The van der Waals surface area contributed by atoms with E-state index >= 15 is 0 Å². The van der Waals surface area contributed by atoms with Gasteiger partial charge in [-0.2, -0.15) is 0 Å². The van der Waals surface area contributed by atoms with Crippen LogP contribution in [0.3, 0.4) is 0 Å². The number of likely N-dealkylation sites (N-methyl/N-ethyl adjacent to an activating group) is 1. The lowest BCUT2D eigenvalue weighted by Gasteiger charge is -2.14. The standard InChI is InChI=1S/C12H17N3O2/c1-8-5-6-14-11(12(8)15(16)17)7-10(13-2)9-3-4-9/h5-6,9-10,13H,3-4,7H2,1-2H3. The molecule has 0 radical (unpaired) electrons. The molecule has 0 aliphatic heterocycles. The van der Waals surface area contributed by atoms with Crippen molar-refractivity contribution in [3.63, 3.8) is 0 Å². The van der Waals surface area contributed by atoms with Crippen LogP contribution in [0.4, 0.5) is 5.69 Å². The van der Waals surface area contributed by atoms with Crippen LogP contribution in [0.5, 0.6) is 0 Å². The predicted octanol–water partition coefficient (Wildman–Crippen LogP) is 1.84. The van der Waals surface area contributed by atoms with E-state index in [1.165, 1.54) is 12.8 Å². The predicted molar refractivity (Wildman–Crippen MR) is 64.9 cm³/mol. The minimum atomic E-state index is -0.322. The Balaban J connectivity index is 2.24. The normalized spacial score (nSPS) is 16.8. The summed E-state index contributed by atoms with van der Waals surface area (Å²) >= 11 is 0. The molecule has 1 atom stereocenters. The summed E-state index contributed by atoms with van der Waals surface area (Å²) in [6.07, 6.45) is 4.71. The van der Waals surface area contributed by atoms with Crippen molar-refractivity contribution in [1.29, 1.82) is 0 Å². The van der Waals surface area contributed by atoms with E-state index in [1.54, 1.807) is 19.2 Å². The minimum Gasteiger partial charge on any atom is -0.316 e. The third kappa shape index (κ3) is 2.61. The first-order valence-electron chi connectivity index (χ1n) is 5.89. The smallest absolute Gasteiger partial charge is 0.293 e. The Hall–Kier alpha value is -1.49. The zero-order chi connectivity index (χ0) is 12.4. The highest BCUT2D eigenvalue weighted by Crippen LogP contribution is 2.35. The molecule has 5 heteroatoms. The van der Waals surface area contributed by atoms with Crippen molar-refractivity contribution in [3.8, 4) is 0 Å². The van der Waals surface area contributed by atoms with Crippen LogP contribution in [-0.2, 0) is 6.42 Å². The van der Waals surface area contributed by atoms with Gasteiger partial charge in [-0.05, 0) is 38.8 Å². The number of aromatic nitrogens is 1. The van der Waals surface area contributed by atoms with Gasteiger partial charge in [0.05, 0.1) is 4.92 Å². The highest BCUT2D eigenvalue weighted by Gasteiger charge is 2.32. The van der Waals surface area contributed by atoms with E-state index in [4.69, 9.17) is 0 Å². The van der Waals surface area contributed by atoms with E-state index in [9.17, 15) is 10.1 Å². The molecular formula is C12H17N3O2. The van der Waals surface area contributed by atoms with Crippen LogP contribution in [0.1, 0.15) is 24.1 Å². The molecule has 2 rings (SSSR count). The van der Waals surface area contributed by atoms with Gasteiger partial charge in [-0.15, -0.1) is 0 Å². The summed E-state index contributed by atoms with van der Waals surface area (Å²) < 4.78 is 0. The van der Waals surface area contributed by atoms with Crippen LogP contribution in [-0.4, -0.2) is 23.0 Å². The number of pyridine rings is 1.